The highest BCUT2D eigenvalue weighted by molar-refractivity contribution is 6.19. The van der Waals surface area contributed by atoms with Crippen molar-refractivity contribution in [3.63, 3.8) is 0 Å². The molecule has 1 aliphatic rings. The molecule has 0 radical (unpaired) electrons. The van der Waals surface area contributed by atoms with Gasteiger partial charge in [0.1, 0.15) is 5.75 Å². The second kappa shape index (κ2) is 5.18. The molecule has 5 heteroatoms. The number of methoxy groups -OCH3 is 1. The minimum absolute atomic E-state index is 0.0480. The van der Waals surface area contributed by atoms with E-state index in [-0.39, 0.29) is 23.5 Å². The van der Waals surface area contributed by atoms with Crippen LogP contribution in [-0.2, 0) is 6.42 Å². The first kappa shape index (κ1) is 14.1. The molecule has 5 nitrogen and oxygen atoms in total. The smallest absolute Gasteiger partial charge is 0.178 e. The minimum atomic E-state index is -0.865. The van der Waals surface area contributed by atoms with Gasteiger partial charge >= 0.3 is 0 Å². The van der Waals surface area contributed by atoms with Crippen LogP contribution in [0.25, 0.3) is 0 Å². The first-order valence-electron chi connectivity index (χ1n) is 6.79. The summed E-state index contributed by atoms with van der Waals surface area (Å²) in [4.78, 5) is 24.9. The topological polar surface area (TPSA) is 83.8 Å². The van der Waals surface area contributed by atoms with Crippen molar-refractivity contribution in [1.82, 2.24) is 0 Å². The number of Topliss-reactive ketones (excluding diaryl/α,β-unsaturated/α-hetero) is 2. The van der Waals surface area contributed by atoms with Gasteiger partial charge in [-0.1, -0.05) is 6.07 Å². The van der Waals surface area contributed by atoms with Gasteiger partial charge in [-0.3, -0.25) is 9.59 Å². The van der Waals surface area contributed by atoms with Crippen LogP contribution in [-0.4, -0.2) is 28.9 Å². The van der Waals surface area contributed by atoms with Crippen molar-refractivity contribution in [2.24, 2.45) is 5.92 Å². The molecule has 0 fully saturated rings. The summed E-state index contributed by atoms with van der Waals surface area (Å²) in [6.07, 6.45) is 0.229. The van der Waals surface area contributed by atoms with Crippen LogP contribution < -0.4 is 4.74 Å². The molecule has 22 heavy (non-hydrogen) atoms. The molecule has 0 aliphatic heterocycles. The number of phenolic OH excluding ortho intramolecular Hbond substituents is 2. The molecular weight excluding hydrogens is 284 g/mol. The summed E-state index contributed by atoms with van der Waals surface area (Å²) < 4.78 is 5.04. The summed E-state index contributed by atoms with van der Waals surface area (Å²) >= 11 is 0. The maximum Gasteiger partial charge on any atom is 0.178 e. The number of rotatable bonds is 3. The summed E-state index contributed by atoms with van der Waals surface area (Å²) in [5.41, 5.74) is 1.04. The maximum absolute atomic E-state index is 12.5. The van der Waals surface area contributed by atoms with Gasteiger partial charge in [0.05, 0.1) is 18.6 Å². The van der Waals surface area contributed by atoms with E-state index in [9.17, 15) is 19.8 Å². The maximum atomic E-state index is 12.5. The predicted octanol–water partition coefficient (Wildman–Crippen LogP) is 2.34. The molecule has 0 bridgehead atoms. The van der Waals surface area contributed by atoms with E-state index in [1.807, 2.05) is 0 Å². The number of benzene rings is 2. The fourth-order valence-corrected chi connectivity index (χ4v) is 2.72. The Hall–Kier alpha value is -2.82. The Morgan fingerprint density at radius 3 is 2.45 bits per heavy atom. The van der Waals surface area contributed by atoms with Crippen LogP contribution in [0.15, 0.2) is 36.4 Å². The molecule has 3 rings (SSSR count). The van der Waals surface area contributed by atoms with E-state index in [2.05, 4.69) is 0 Å². The molecule has 0 saturated carbocycles. The second-order valence-corrected chi connectivity index (χ2v) is 5.18. The highest BCUT2D eigenvalue weighted by Gasteiger charge is 2.38. The first-order valence-corrected chi connectivity index (χ1v) is 6.79. The number of fused-ring (bicyclic) bond motifs is 1. The zero-order valence-electron chi connectivity index (χ0n) is 11.9. The average molecular weight is 298 g/mol. The summed E-state index contributed by atoms with van der Waals surface area (Å²) in [5.74, 6) is -1.81. The van der Waals surface area contributed by atoms with Crippen LogP contribution in [0, 0.1) is 5.92 Å². The fourth-order valence-electron chi connectivity index (χ4n) is 2.72. The molecule has 0 aromatic heterocycles. The second-order valence-electron chi connectivity index (χ2n) is 5.18. The third kappa shape index (κ3) is 2.11. The Balaban J connectivity index is 1.92. The Morgan fingerprint density at radius 1 is 1.14 bits per heavy atom. The summed E-state index contributed by atoms with van der Waals surface area (Å²) in [6.45, 7) is 0. The van der Waals surface area contributed by atoms with Crippen molar-refractivity contribution in [3.05, 3.63) is 53.1 Å². The van der Waals surface area contributed by atoms with Gasteiger partial charge in [0.2, 0.25) is 0 Å². The van der Waals surface area contributed by atoms with Gasteiger partial charge in [0.15, 0.2) is 23.1 Å². The molecule has 1 unspecified atom stereocenters. The quantitative estimate of drug-likeness (QED) is 0.516. The molecule has 1 atom stereocenters. The van der Waals surface area contributed by atoms with Crippen LogP contribution >= 0.6 is 0 Å². The van der Waals surface area contributed by atoms with Crippen molar-refractivity contribution in [2.45, 2.75) is 6.42 Å². The van der Waals surface area contributed by atoms with Gasteiger partial charge in [-0.05, 0) is 42.3 Å². The molecule has 112 valence electrons. The zero-order chi connectivity index (χ0) is 15.9. The largest absolute Gasteiger partial charge is 0.504 e. The predicted molar refractivity (Wildman–Crippen MR) is 78.6 cm³/mol. The van der Waals surface area contributed by atoms with E-state index in [1.54, 1.807) is 30.3 Å². The Morgan fingerprint density at radius 2 is 1.82 bits per heavy atom. The van der Waals surface area contributed by atoms with Crippen molar-refractivity contribution < 1.29 is 24.5 Å². The average Bonchev–Trinajstić information content (AvgIpc) is 2.88. The highest BCUT2D eigenvalue weighted by atomic mass is 16.5. The van der Waals surface area contributed by atoms with Crippen LogP contribution in [0.2, 0.25) is 0 Å². The standard InChI is InChI=1S/C17H14O5/c1-22-11-5-2-9(3-6-11)15(19)12-8-10-4-7-13(18)17(21)14(10)16(12)20/h2-7,12,18,21H,8H2,1H3. The van der Waals surface area contributed by atoms with E-state index in [0.717, 1.165) is 0 Å². The van der Waals surface area contributed by atoms with Gasteiger partial charge in [0.25, 0.3) is 0 Å². The van der Waals surface area contributed by atoms with Gasteiger partial charge < -0.3 is 14.9 Å². The lowest BCUT2D eigenvalue weighted by molar-refractivity contribution is 0.0821. The van der Waals surface area contributed by atoms with Crippen LogP contribution in [0.4, 0.5) is 0 Å². The summed E-state index contributed by atoms with van der Waals surface area (Å²) in [6, 6.07) is 9.40. The summed E-state index contributed by atoms with van der Waals surface area (Å²) in [7, 11) is 1.53. The molecular formula is C17H14O5. The fraction of sp³-hybridized carbons (Fsp3) is 0.176. The molecule has 1 aliphatic carbocycles. The lowest BCUT2D eigenvalue weighted by Gasteiger charge is -2.08. The SMILES string of the molecule is COc1ccc(C(=O)C2Cc3ccc(O)c(O)c3C2=O)cc1. The molecule has 2 N–H and O–H groups in total. The number of ketones is 2. The summed E-state index contributed by atoms with van der Waals surface area (Å²) in [5, 5.41) is 19.3. The molecule has 0 heterocycles. The lowest BCUT2D eigenvalue weighted by Crippen LogP contribution is -2.20. The third-order valence-electron chi connectivity index (χ3n) is 3.92. The molecule has 2 aromatic carbocycles. The molecule has 0 saturated heterocycles. The molecule has 0 spiro atoms. The number of phenols is 2. The van der Waals surface area contributed by atoms with Gasteiger partial charge in [0, 0.05) is 5.56 Å². The highest BCUT2D eigenvalue weighted by Crippen LogP contribution is 2.39. The van der Waals surface area contributed by atoms with Crippen LogP contribution in [0.1, 0.15) is 26.3 Å². The number of hydrogen-bond donors (Lipinski definition) is 2. The number of carbonyl (C=O) groups excluding carboxylic acids is 2. The van der Waals surface area contributed by atoms with Crippen LogP contribution in [0.3, 0.4) is 0 Å². The van der Waals surface area contributed by atoms with Gasteiger partial charge in [-0.2, -0.15) is 0 Å². The third-order valence-corrected chi connectivity index (χ3v) is 3.92. The number of hydrogen-bond acceptors (Lipinski definition) is 5. The van der Waals surface area contributed by atoms with E-state index >= 15 is 0 Å². The first-order chi connectivity index (χ1) is 10.5. The van der Waals surface area contributed by atoms with E-state index in [0.29, 0.717) is 16.9 Å². The van der Waals surface area contributed by atoms with Crippen molar-refractivity contribution in [2.75, 3.05) is 7.11 Å². The minimum Gasteiger partial charge on any atom is -0.504 e. The Kier molecular flexibility index (Phi) is 3.33. The van der Waals surface area contributed by atoms with Gasteiger partial charge in [-0.25, -0.2) is 0 Å². The number of aromatic hydroxyl groups is 2. The Bertz CT molecular complexity index is 761. The van der Waals surface area contributed by atoms with Crippen LogP contribution in [0.5, 0.6) is 17.2 Å². The van der Waals surface area contributed by atoms with E-state index in [1.165, 1.54) is 13.2 Å². The zero-order valence-corrected chi connectivity index (χ0v) is 11.9. The Labute approximate surface area is 126 Å². The normalized spacial score (nSPS) is 16.4. The van der Waals surface area contributed by atoms with Crippen molar-refractivity contribution in [1.29, 1.82) is 0 Å². The van der Waals surface area contributed by atoms with Gasteiger partial charge in [-0.15, -0.1) is 0 Å². The molecule has 0 amide bonds. The van der Waals surface area contributed by atoms with Crippen molar-refractivity contribution in [3.8, 4) is 17.2 Å². The van der Waals surface area contributed by atoms with E-state index < -0.39 is 17.5 Å². The van der Waals surface area contributed by atoms with Crippen molar-refractivity contribution >= 4 is 11.6 Å². The monoisotopic (exact) mass is 298 g/mol. The molecule has 2 aromatic rings. The van der Waals surface area contributed by atoms with E-state index in [4.69, 9.17) is 4.74 Å². The number of carbonyl (C=O) groups is 2. The number of ether oxygens (including phenoxy) is 1. The lowest BCUT2D eigenvalue weighted by atomic mass is 9.94.